The second kappa shape index (κ2) is 4.83. The number of amides is 1. The van der Waals surface area contributed by atoms with Crippen LogP contribution in [0.1, 0.15) is 32.8 Å². The summed E-state index contributed by atoms with van der Waals surface area (Å²) in [6, 6.07) is 9.67. The highest BCUT2D eigenvalue weighted by Crippen LogP contribution is 2.68. The molecule has 0 spiro atoms. The van der Waals surface area contributed by atoms with E-state index < -0.39 is 0 Å². The molecule has 1 aromatic rings. The zero-order chi connectivity index (χ0) is 15.2. The molecule has 1 amide bonds. The van der Waals surface area contributed by atoms with Crippen LogP contribution in [0.25, 0.3) is 0 Å². The molecule has 2 aliphatic rings. The van der Waals surface area contributed by atoms with Crippen LogP contribution in [0.3, 0.4) is 0 Å². The van der Waals surface area contributed by atoms with Crippen LogP contribution >= 0.6 is 0 Å². The summed E-state index contributed by atoms with van der Waals surface area (Å²) < 4.78 is 0. The van der Waals surface area contributed by atoms with Crippen molar-refractivity contribution in [2.75, 3.05) is 0 Å². The van der Waals surface area contributed by atoms with Crippen molar-refractivity contribution in [2.24, 2.45) is 17.3 Å². The highest BCUT2D eigenvalue weighted by Gasteiger charge is 2.63. The van der Waals surface area contributed by atoms with E-state index in [1.807, 2.05) is 30.3 Å². The highest BCUT2D eigenvalue weighted by atomic mass is 16.1. The molecule has 1 N–H and O–H groups in total. The highest BCUT2D eigenvalue weighted by molar-refractivity contribution is 5.97. The normalized spacial score (nSPS) is 25.5. The zero-order valence-electron chi connectivity index (χ0n) is 12.8. The lowest BCUT2D eigenvalue weighted by Crippen LogP contribution is -2.27. The third kappa shape index (κ3) is 2.41. The van der Waals surface area contributed by atoms with E-state index in [9.17, 15) is 9.59 Å². The zero-order valence-corrected chi connectivity index (χ0v) is 12.8. The summed E-state index contributed by atoms with van der Waals surface area (Å²) in [7, 11) is 0. The molecule has 0 bridgehead atoms. The van der Waals surface area contributed by atoms with E-state index in [-0.39, 0.29) is 17.1 Å². The number of Topliss-reactive ketones (excluding diaryl/α,β-unsaturated/α-hetero) is 1. The van der Waals surface area contributed by atoms with Gasteiger partial charge in [0.25, 0.3) is 0 Å². The van der Waals surface area contributed by atoms with Crippen molar-refractivity contribution in [3.05, 3.63) is 47.2 Å². The first-order valence-electron chi connectivity index (χ1n) is 7.49. The Morgan fingerprint density at radius 2 is 1.90 bits per heavy atom. The number of carbonyl (C=O) groups is 2. The minimum absolute atomic E-state index is 0.0333. The Bertz CT molecular complexity index is 628. The molecule has 110 valence electrons. The molecular weight excluding hydrogens is 262 g/mol. The second-order valence-electron chi connectivity index (χ2n) is 6.77. The number of carbonyl (C=O) groups excluding carboxylic acids is 2. The monoisotopic (exact) mass is 283 g/mol. The van der Waals surface area contributed by atoms with Gasteiger partial charge < -0.3 is 5.32 Å². The van der Waals surface area contributed by atoms with Crippen LogP contribution in [0.4, 0.5) is 0 Å². The first kappa shape index (κ1) is 14.1. The molecule has 0 radical (unpaired) electrons. The molecule has 0 heterocycles. The Balaban J connectivity index is 1.72. The standard InChI is InChI=1S/C18H21NO2/c1-11(20)16-14(10-13-17(16)18(13,2)3)19-15(21)9-12-7-5-4-6-8-12/h4-8,13,17H,9-10H2,1-3H3,(H,19,21)/t13-,17+/m1/s1. The molecule has 1 fully saturated rings. The Kier molecular flexibility index (Phi) is 3.23. The summed E-state index contributed by atoms with van der Waals surface area (Å²) >= 11 is 0. The lowest BCUT2D eigenvalue weighted by molar-refractivity contribution is -0.119. The molecule has 2 atom stereocenters. The van der Waals surface area contributed by atoms with E-state index in [2.05, 4.69) is 19.2 Å². The molecule has 1 saturated carbocycles. The van der Waals surface area contributed by atoms with E-state index in [4.69, 9.17) is 0 Å². The Hall–Kier alpha value is -1.90. The molecule has 0 saturated heterocycles. The summed E-state index contributed by atoms with van der Waals surface area (Å²) in [6.45, 7) is 6.01. The van der Waals surface area contributed by atoms with Gasteiger partial charge in [0.2, 0.25) is 5.91 Å². The first-order valence-corrected chi connectivity index (χ1v) is 7.49. The van der Waals surface area contributed by atoms with Crippen LogP contribution in [0, 0.1) is 17.3 Å². The SMILES string of the molecule is CC(=O)C1=C(NC(=O)Cc2ccccc2)C[C@@H]2[C@@H]1C2(C)C. The summed E-state index contributed by atoms with van der Waals surface area (Å²) in [5, 5.41) is 2.98. The summed E-state index contributed by atoms with van der Waals surface area (Å²) in [4.78, 5) is 24.1. The van der Waals surface area contributed by atoms with Crippen LogP contribution in [-0.4, -0.2) is 11.7 Å². The van der Waals surface area contributed by atoms with Gasteiger partial charge in [-0.05, 0) is 36.2 Å². The van der Waals surface area contributed by atoms with Crippen LogP contribution in [0.5, 0.6) is 0 Å². The van der Waals surface area contributed by atoms with Gasteiger partial charge in [-0.1, -0.05) is 44.2 Å². The van der Waals surface area contributed by atoms with E-state index >= 15 is 0 Å². The summed E-state index contributed by atoms with van der Waals surface area (Å²) in [5.74, 6) is 0.919. The topological polar surface area (TPSA) is 46.2 Å². The molecule has 21 heavy (non-hydrogen) atoms. The molecule has 3 heteroatoms. The van der Waals surface area contributed by atoms with E-state index in [1.165, 1.54) is 0 Å². The van der Waals surface area contributed by atoms with E-state index in [0.717, 1.165) is 23.3 Å². The fourth-order valence-corrected chi connectivity index (χ4v) is 3.76. The number of allylic oxidation sites excluding steroid dienone is 2. The molecule has 0 aliphatic heterocycles. The van der Waals surface area contributed by atoms with E-state index in [1.54, 1.807) is 6.92 Å². The van der Waals surface area contributed by atoms with Crippen LogP contribution in [0.15, 0.2) is 41.6 Å². The molecule has 1 aromatic carbocycles. The fraction of sp³-hybridized carbons (Fsp3) is 0.444. The summed E-state index contributed by atoms with van der Waals surface area (Å²) in [5.41, 5.74) is 2.92. The predicted octanol–water partition coefficient (Wildman–Crippen LogP) is 2.86. The Morgan fingerprint density at radius 1 is 1.24 bits per heavy atom. The van der Waals surface area contributed by atoms with Gasteiger partial charge in [0.1, 0.15) is 0 Å². The van der Waals surface area contributed by atoms with Crippen molar-refractivity contribution in [3.63, 3.8) is 0 Å². The number of nitrogens with one attached hydrogen (secondary N) is 1. The molecular formula is C18H21NO2. The van der Waals surface area contributed by atoms with Gasteiger partial charge in [0.05, 0.1) is 6.42 Å². The maximum absolute atomic E-state index is 12.2. The lowest BCUT2D eigenvalue weighted by atomic mass is 9.96. The Morgan fingerprint density at radius 3 is 2.52 bits per heavy atom. The van der Waals surface area contributed by atoms with Crippen molar-refractivity contribution in [1.29, 1.82) is 0 Å². The van der Waals surface area contributed by atoms with Crippen molar-refractivity contribution in [3.8, 4) is 0 Å². The van der Waals surface area contributed by atoms with Gasteiger partial charge in [-0.15, -0.1) is 0 Å². The van der Waals surface area contributed by atoms with Crippen molar-refractivity contribution < 1.29 is 9.59 Å². The van der Waals surface area contributed by atoms with Gasteiger partial charge in [0, 0.05) is 11.3 Å². The number of hydrogen-bond acceptors (Lipinski definition) is 2. The van der Waals surface area contributed by atoms with Crippen LogP contribution in [0.2, 0.25) is 0 Å². The predicted molar refractivity (Wildman–Crippen MR) is 81.4 cm³/mol. The maximum atomic E-state index is 12.2. The minimum atomic E-state index is -0.0333. The second-order valence-corrected chi connectivity index (χ2v) is 6.77. The molecule has 0 aromatic heterocycles. The van der Waals surface area contributed by atoms with Gasteiger partial charge in [-0.25, -0.2) is 0 Å². The third-order valence-electron chi connectivity index (χ3n) is 4.99. The lowest BCUT2D eigenvalue weighted by Gasteiger charge is -2.15. The fourth-order valence-electron chi connectivity index (χ4n) is 3.76. The number of fused-ring (bicyclic) bond motifs is 1. The number of rotatable bonds is 4. The molecule has 3 rings (SSSR count). The Labute approximate surface area is 125 Å². The average molecular weight is 283 g/mol. The average Bonchev–Trinajstić information content (AvgIpc) is 2.79. The smallest absolute Gasteiger partial charge is 0.228 e. The van der Waals surface area contributed by atoms with Gasteiger partial charge in [0.15, 0.2) is 5.78 Å². The molecule has 2 aliphatic carbocycles. The minimum Gasteiger partial charge on any atom is -0.329 e. The molecule has 3 nitrogen and oxygen atoms in total. The van der Waals surface area contributed by atoms with E-state index in [0.29, 0.717) is 18.3 Å². The van der Waals surface area contributed by atoms with Crippen LogP contribution in [-0.2, 0) is 16.0 Å². The van der Waals surface area contributed by atoms with Gasteiger partial charge in [-0.2, -0.15) is 0 Å². The number of benzene rings is 1. The molecule has 0 unspecified atom stereocenters. The van der Waals surface area contributed by atoms with Crippen molar-refractivity contribution >= 4 is 11.7 Å². The van der Waals surface area contributed by atoms with Crippen molar-refractivity contribution in [1.82, 2.24) is 5.32 Å². The number of hydrogen-bond donors (Lipinski definition) is 1. The van der Waals surface area contributed by atoms with Crippen molar-refractivity contribution in [2.45, 2.75) is 33.6 Å². The quantitative estimate of drug-likeness (QED) is 0.923. The largest absolute Gasteiger partial charge is 0.329 e. The maximum Gasteiger partial charge on any atom is 0.228 e. The van der Waals surface area contributed by atoms with Crippen LogP contribution < -0.4 is 5.32 Å². The first-order chi connectivity index (χ1) is 9.91. The van der Waals surface area contributed by atoms with Gasteiger partial charge >= 0.3 is 0 Å². The third-order valence-corrected chi connectivity index (χ3v) is 4.99. The summed E-state index contributed by atoms with van der Waals surface area (Å²) in [6.07, 6.45) is 1.18. The van der Waals surface area contributed by atoms with Gasteiger partial charge in [-0.3, -0.25) is 9.59 Å². The number of ketones is 1.